The van der Waals surface area contributed by atoms with Gasteiger partial charge in [-0.15, -0.1) is 11.3 Å². The minimum absolute atomic E-state index is 0.0685. The molecule has 0 radical (unpaired) electrons. The Hall–Kier alpha value is -1.40. The van der Waals surface area contributed by atoms with E-state index in [1.54, 1.807) is 6.07 Å². The van der Waals surface area contributed by atoms with E-state index in [9.17, 15) is 9.59 Å². The SMILES string of the molecule is CC(C)(C)C1OCCCC1CNC(=O)c1ccc(NC(=O)C2CC2)s1. The average Bonchev–Trinajstić information content (AvgIpc) is 3.32. The standard InChI is InChI=1S/C19H28N2O3S/c1-19(2,3)16-13(5-4-10-24-16)11-20-18(23)14-8-9-15(25-14)21-17(22)12-6-7-12/h8-9,12-13,16H,4-7,10-11H2,1-3H3,(H,20,23)(H,21,22). The Morgan fingerprint density at radius 2 is 2.00 bits per heavy atom. The quantitative estimate of drug-likeness (QED) is 0.838. The molecular formula is C19H28N2O3S. The Labute approximate surface area is 153 Å². The van der Waals surface area contributed by atoms with Gasteiger partial charge in [0.1, 0.15) is 0 Å². The number of amides is 2. The van der Waals surface area contributed by atoms with Gasteiger partial charge in [-0.25, -0.2) is 0 Å². The van der Waals surface area contributed by atoms with Crippen LogP contribution < -0.4 is 10.6 Å². The molecule has 5 nitrogen and oxygen atoms in total. The van der Waals surface area contributed by atoms with Gasteiger partial charge in [0.15, 0.2) is 0 Å². The number of hydrogen-bond acceptors (Lipinski definition) is 4. The van der Waals surface area contributed by atoms with Gasteiger partial charge in [0.05, 0.1) is 16.0 Å². The molecule has 1 aliphatic heterocycles. The summed E-state index contributed by atoms with van der Waals surface area (Å²) >= 11 is 1.33. The Morgan fingerprint density at radius 1 is 1.24 bits per heavy atom. The number of ether oxygens (including phenoxy) is 1. The van der Waals surface area contributed by atoms with Crippen LogP contribution in [0.5, 0.6) is 0 Å². The number of carbonyl (C=O) groups excluding carboxylic acids is 2. The van der Waals surface area contributed by atoms with Crippen LogP contribution in [0.2, 0.25) is 0 Å². The lowest BCUT2D eigenvalue weighted by atomic mass is 9.78. The minimum atomic E-state index is -0.0739. The van der Waals surface area contributed by atoms with Crippen molar-refractivity contribution in [3.8, 4) is 0 Å². The third-order valence-corrected chi connectivity index (χ3v) is 5.85. The van der Waals surface area contributed by atoms with E-state index in [1.807, 2.05) is 6.07 Å². The summed E-state index contributed by atoms with van der Waals surface area (Å²) in [6.07, 6.45) is 4.24. The van der Waals surface area contributed by atoms with Crippen LogP contribution in [0, 0.1) is 17.3 Å². The molecule has 3 rings (SSSR count). The Balaban J connectivity index is 1.53. The second-order valence-corrected chi connectivity index (χ2v) is 9.28. The fraction of sp³-hybridized carbons (Fsp3) is 0.684. The summed E-state index contributed by atoms with van der Waals surface area (Å²) in [5.74, 6) is 0.503. The van der Waals surface area contributed by atoms with E-state index in [4.69, 9.17) is 4.74 Å². The van der Waals surface area contributed by atoms with Crippen LogP contribution in [0.3, 0.4) is 0 Å². The highest BCUT2D eigenvalue weighted by atomic mass is 32.1. The number of rotatable bonds is 5. The molecule has 0 spiro atoms. The molecule has 138 valence electrons. The topological polar surface area (TPSA) is 67.4 Å². The first-order valence-electron chi connectivity index (χ1n) is 9.15. The molecule has 2 heterocycles. The molecule has 2 unspecified atom stereocenters. The van der Waals surface area contributed by atoms with Crippen LogP contribution in [0.1, 0.15) is 56.1 Å². The summed E-state index contributed by atoms with van der Waals surface area (Å²) in [5.41, 5.74) is 0.0685. The van der Waals surface area contributed by atoms with Crippen molar-refractivity contribution < 1.29 is 14.3 Å². The fourth-order valence-corrected chi connectivity index (χ4v) is 4.24. The maximum atomic E-state index is 12.4. The molecule has 1 saturated heterocycles. The summed E-state index contributed by atoms with van der Waals surface area (Å²) in [5, 5.41) is 6.69. The number of carbonyl (C=O) groups is 2. The maximum Gasteiger partial charge on any atom is 0.261 e. The highest BCUT2D eigenvalue weighted by Gasteiger charge is 2.35. The molecule has 2 aliphatic rings. The first-order valence-corrected chi connectivity index (χ1v) is 9.97. The highest BCUT2D eigenvalue weighted by Crippen LogP contribution is 2.34. The number of thiophene rings is 1. The molecule has 1 aliphatic carbocycles. The van der Waals surface area contributed by atoms with Crippen LogP contribution in [-0.2, 0) is 9.53 Å². The summed E-state index contributed by atoms with van der Waals surface area (Å²) in [7, 11) is 0. The normalized spacial score (nSPS) is 24.0. The molecule has 2 amide bonds. The monoisotopic (exact) mass is 364 g/mol. The largest absolute Gasteiger partial charge is 0.377 e. The summed E-state index contributed by atoms with van der Waals surface area (Å²) in [6.45, 7) is 7.99. The molecule has 2 atom stereocenters. The number of nitrogens with one attached hydrogen (secondary N) is 2. The fourth-order valence-electron chi connectivity index (χ4n) is 3.42. The lowest BCUT2D eigenvalue weighted by Gasteiger charge is -2.40. The molecule has 2 N–H and O–H groups in total. The van der Waals surface area contributed by atoms with E-state index in [1.165, 1.54) is 11.3 Å². The number of hydrogen-bond donors (Lipinski definition) is 2. The Kier molecular flexibility index (Phi) is 5.49. The lowest BCUT2D eigenvalue weighted by molar-refractivity contribution is -0.117. The third kappa shape index (κ3) is 4.82. The molecule has 2 fully saturated rings. The number of anilines is 1. The van der Waals surface area contributed by atoms with Crippen molar-refractivity contribution >= 4 is 28.2 Å². The van der Waals surface area contributed by atoms with Crippen molar-refractivity contribution in [1.82, 2.24) is 5.32 Å². The van der Waals surface area contributed by atoms with Crippen molar-refractivity contribution in [2.75, 3.05) is 18.5 Å². The zero-order valence-corrected chi connectivity index (χ0v) is 16.1. The van der Waals surface area contributed by atoms with Crippen molar-refractivity contribution in [2.45, 2.75) is 52.6 Å². The van der Waals surface area contributed by atoms with Gasteiger partial charge in [0.2, 0.25) is 5.91 Å². The van der Waals surface area contributed by atoms with Crippen LogP contribution >= 0.6 is 11.3 Å². The predicted molar refractivity (Wildman–Crippen MR) is 99.9 cm³/mol. The first kappa shape index (κ1) is 18.4. The molecule has 6 heteroatoms. The summed E-state index contributed by atoms with van der Waals surface area (Å²) in [4.78, 5) is 24.9. The van der Waals surface area contributed by atoms with Gasteiger partial charge >= 0.3 is 0 Å². The van der Waals surface area contributed by atoms with E-state index >= 15 is 0 Å². The van der Waals surface area contributed by atoms with Crippen LogP contribution in [0.15, 0.2) is 12.1 Å². The van der Waals surface area contributed by atoms with Crippen molar-refractivity contribution in [1.29, 1.82) is 0 Å². The first-order chi connectivity index (χ1) is 11.8. The highest BCUT2D eigenvalue weighted by molar-refractivity contribution is 7.18. The van der Waals surface area contributed by atoms with Gasteiger partial charge < -0.3 is 15.4 Å². The molecular weight excluding hydrogens is 336 g/mol. The van der Waals surface area contributed by atoms with E-state index in [0.717, 1.165) is 37.3 Å². The van der Waals surface area contributed by atoms with E-state index in [0.29, 0.717) is 17.3 Å². The van der Waals surface area contributed by atoms with Gasteiger partial charge in [0.25, 0.3) is 5.91 Å². The average molecular weight is 365 g/mol. The predicted octanol–water partition coefficient (Wildman–Crippen LogP) is 3.67. The van der Waals surface area contributed by atoms with Crippen LogP contribution in [-0.4, -0.2) is 31.1 Å². The van der Waals surface area contributed by atoms with E-state index in [-0.39, 0.29) is 29.3 Å². The van der Waals surface area contributed by atoms with Crippen molar-refractivity contribution in [2.24, 2.45) is 17.3 Å². The van der Waals surface area contributed by atoms with Crippen molar-refractivity contribution in [3.63, 3.8) is 0 Å². The second-order valence-electron chi connectivity index (χ2n) is 8.20. The minimum Gasteiger partial charge on any atom is -0.377 e. The van der Waals surface area contributed by atoms with E-state index < -0.39 is 0 Å². The van der Waals surface area contributed by atoms with Gasteiger partial charge in [-0.05, 0) is 43.2 Å². The molecule has 1 saturated carbocycles. The molecule has 1 aromatic rings. The zero-order valence-electron chi connectivity index (χ0n) is 15.3. The Morgan fingerprint density at radius 3 is 2.68 bits per heavy atom. The zero-order chi connectivity index (χ0) is 18.0. The third-order valence-electron chi connectivity index (χ3n) is 4.85. The smallest absolute Gasteiger partial charge is 0.261 e. The summed E-state index contributed by atoms with van der Waals surface area (Å²) < 4.78 is 5.97. The van der Waals surface area contributed by atoms with Gasteiger partial charge in [-0.2, -0.15) is 0 Å². The second kappa shape index (κ2) is 7.46. The molecule has 0 bridgehead atoms. The van der Waals surface area contributed by atoms with E-state index in [2.05, 4.69) is 31.4 Å². The van der Waals surface area contributed by atoms with Crippen LogP contribution in [0.4, 0.5) is 5.00 Å². The van der Waals surface area contributed by atoms with Gasteiger partial charge in [0, 0.05) is 25.0 Å². The van der Waals surface area contributed by atoms with Crippen molar-refractivity contribution in [3.05, 3.63) is 17.0 Å². The maximum absolute atomic E-state index is 12.4. The summed E-state index contributed by atoms with van der Waals surface area (Å²) in [6, 6.07) is 3.59. The van der Waals surface area contributed by atoms with Gasteiger partial charge in [-0.3, -0.25) is 9.59 Å². The van der Waals surface area contributed by atoms with Crippen LogP contribution in [0.25, 0.3) is 0 Å². The molecule has 25 heavy (non-hydrogen) atoms. The Bertz CT molecular complexity index is 631. The lowest BCUT2D eigenvalue weighted by Crippen LogP contribution is -2.45. The molecule has 1 aromatic heterocycles. The molecule has 0 aromatic carbocycles. The van der Waals surface area contributed by atoms with Gasteiger partial charge in [-0.1, -0.05) is 20.8 Å².